The van der Waals surface area contributed by atoms with Crippen LogP contribution < -0.4 is 0 Å². The summed E-state index contributed by atoms with van der Waals surface area (Å²) in [6.45, 7) is 0. The Bertz CT molecular complexity index is 8.00. The Morgan fingerprint density at radius 2 is 1.25 bits per heavy atom. The molecule has 0 N–H and O–H groups in total. The van der Waals surface area contributed by atoms with E-state index >= 15 is 0 Å². The monoisotopic (exact) mass is 198 g/mol. The van der Waals surface area contributed by atoms with Crippen molar-refractivity contribution in [2.45, 2.75) is 0 Å². The van der Waals surface area contributed by atoms with Gasteiger partial charge in [-0.3, -0.25) is 0 Å². The maximum atomic E-state index is 8.06. The van der Waals surface area contributed by atoms with Crippen LogP contribution in [0.15, 0.2) is 0 Å². The first-order chi connectivity index (χ1) is 1.00. The Labute approximate surface area is 56.2 Å². The summed E-state index contributed by atoms with van der Waals surface area (Å²) in [6.07, 6.45) is 0. The Hall–Kier alpha value is 1.46. The van der Waals surface area contributed by atoms with E-state index in [1.807, 2.05) is 0 Å². The first-order valence-electron chi connectivity index (χ1n) is 0.154. The van der Waals surface area contributed by atoms with Crippen molar-refractivity contribution >= 4 is 0 Å². The molecule has 0 fully saturated rings. The van der Waals surface area contributed by atoms with Crippen LogP contribution in [0.2, 0.25) is 0 Å². The molecule has 0 atom stereocenters. The van der Waals surface area contributed by atoms with Gasteiger partial charge in [0.25, 0.3) is 0 Å². The van der Waals surface area contributed by atoms with Crippen LogP contribution in [-0.2, 0) is 56.3 Å². The van der Waals surface area contributed by atoms with Crippen LogP contribution in [0.1, 0.15) is 0 Å². The third kappa shape index (κ3) is 9.82. The van der Waals surface area contributed by atoms with E-state index < -0.39 is 0 Å². The SMILES string of the molecule is [Cu].[O]=[Mn].[Zn]. The summed E-state index contributed by atoms with van der Waals surface area (Å²) in [5.74, 6) is 0. The molecule has 0 aliphatic heterocycles. The fourth-order valence-electron chi connectivity index (χ4n) is 0. The Balaban J connectivity index is -0.00000000500. The number of hydrogen-bond acceptors (Lipinski definition) is 1. The molecule has 0 saturated heterocycles. The third-order valence-corrected chi connectivity index (χ3v) is 0. The minimum atomic E-state index is 0. The molecule has 26 valence electrons. The van der Waals surface area contributed by atoms with Crippen molar-refractivity contribution in [3.8, 4) is 0 Å². The molecule has 0 heterocycles. The fraction of sp³-hybridized carbons (Fsp3) is 0. The molecule has 0 saturated carbocycles. The molecule has 0 aliphatic carbocycles. The average Bonchev–Trinajstić information content (AvgIpc) is 1.00. The molecule has 0 aromatic rings. The Morgan fingerprint density at radius 1 is 1.25 bits per heavy atom. The van der Waals surface area contributed by atoms with E-state index in [9.17, 15) is 0 Å². The van der Waals surface area contributed by atoms with Crippen molar-refractivity contribution in [2.24, 2.45) is 0 Å². The van der Waals surface area contributed by atoms with Gasteiger partial charge < -0.3 is 0 Å². The predicted molar refractivity (Wildman–Crippen MR) is 0.686 cm³/mol. The largest absolute Gasteiger partial charge is 0 e. The molecule has 4 heteroatoms. The second-order valence-electron chi connectivity index (χ2n) is 0. The zero-order chi connectivity index (χ0) is 2.00. The summed E-state index contributed by atoms with van der Waals surface area (Å²) < 4.78 is 8.06. The minimum absolute atomic E-state index is 0. The van der Waals surface area contributed by atoms with Crippen LogP contribution in [0.5, 0.6) is 0 Å². The first kappa shape index (κ1) is 17.9. The molecule has 4 heavy (non-hydrogen) atoms. The molecule has 0 unspecified atom stereocenters. The summed E-state index contributed by atoms with van der Waals surface area (Å²) in [5.41, 5.74) is 0. The molecule has 0 amide bonds. The zero-order valence-corrected chi connectivity index (χ0v) is 6.88. The van der Waals surface area contributed by atoms with E-state index in [1.54, 1.807) is 15.9 Å². The molecule has 0 bridgehead atoms. The van der Waals surface area contributed by atoms with Crippen molar-refractivity contribution < 1.29 is 56.3 Å². The van der Waals surface area contributed by atoms with Crippen molar-refractivity contribution in [3.05, 3.63) is 0 Å². The molecule has 0 spiro atoms. The van der Waals surface area contributed by atoms with Gasteiger partial charge in [-0.15, -0.1) is 0 Å². The van der Waals surface area contributed by atoms with E-state index in [0.29, 0.717) is 0 Å². The Morgan fingerprint density at radius 3 is 1.25 bits per heavy atom. The third-order valence-electron chi connectivity index (χ3n) is 0. The van der Waals surface area contributed by atoms with Crippen LogP contribution in [0, 0.1) is 0 Å². The van der Waals surface area contributed by atoms with E-state index in [2.05, 4.69) is 0 Å². The number of rotatable bonds is 0. The quantitative estimate of drug-likeness (QED) is 0.498. The number of hydrogen-bond donors (Lipinski definition) is 0. The van der Waals surface area contributed by atoms with Gasteiger partial charge in [0.1, 0.15) is 0 Å². The van der Waals surface area contributed by atoms with E-state index in [1.165, 1.54) is 0 Å². The smallest absolute Gasteiger partial charge is 0 e. The van der Waals surface area contributed by atoms with Gasteiger partial charge >= 0.3 is 19.8 Å². The topological polar surface area (TPSA) is 17.1 Å². The molecule has 0 aromatic carbocycles. The van der Waals surface area contributed by atoms with Crippen LogP contribution in [0.3, 0.4) is 0 Å². The van der Waals surface area contributed by atoms with Crippen LogP contribution in [-0.4, -0.2) is 0 Å². The van der Waals surface area contributed by atoms with Crippen molar-refractivity contribution in [1.82, 2.24) is 0 Å². The van der Waals surface area contributed by atoms with Gasteiger partial charge in [0, 0.05) is 36.5 Å². The molecule has 1 nitrogen and oxygen atoms in total. The normalized spacial score (nSPS) is 1.00. The van der Waals surface area contributed by atoms with E-state index in [4.69, 9.17) is 3.83 Å². The Kier molecular flexibility index (Phi) is 112. The average molecular weight is 200 g/mol. The van der Waals surface area contributed by atoms with Gasteiger partial charge in [-0.05, 0) is 0 Å². The zero-order valence-electron chi connectivity index (χ0n) is 1.79. The van der Waals surface area contributed by atoms with Gasteiger partial charge in [0.15, 0.2) is 0 Å². The van der Waals surface area contributed by atoms with Crippen molar-refractivity contribution in [2.75, 3.05) is 0 Å². The van der Waals surface area contributed by atoms with Crippen LogP contribution in [0.4, 0.5) is 0 Å². The standard InChI is InChI=1S/Cu.Mn.O.Zn. The van der Waals surface area contributed by atoms with E-state index in [0.717, 1.165) is 0 Å². The molecule has 0 rings (SSSR count). The molecule has 1 radical (unpaired) electrons. The summed E-state index contributed by atoms with van der Waals surface area (Å²) in [4.78, 5) is 0. The molecule has 0 aliphatic rings. The van der Waals surface area contributed by atoms with Crippen LogP contribution >= 0.6 is 0 Å². The van der Waals surface area contributed by atoms with Gasteiger partial charge in [0.2, 0.25) is 0 Å². The molecular formula is CuMnOZn. The van der Waals surface area contributed by atoms with Gasteiger partial charge in [0.05, 0.1) is 0 Å². The minimum Gasteiger partial charge on any atom is 0 e. The first-order valence-corrected chi connectivity index (χ1v) is 0.636. The fourth-order valence-corrected chi connectivity index (χ4v) is 0. The second-order valence-corrected chi connectivity index (χ2v) is 0. The predicted octanol–water partition coefficient (Wildman–Crippen LogP) is -0.126. The summed E-state index contributed by atoms with van der Waals surface area (Å²) >= 11 is 1.69. The summed E-state index contributed by atoms with van der Waals surface area (Å²) in [5, 5.41) is 0. The van der Waals surface area contributed by atoms with Crippen molar-refractivity contribution in [3.63, 3.8) is 0 Å². The van der Waals surface area contributed by atoms with Crippen molar-refractivity contribution in [1.29, 1.82) is 0 Å². The van der Waals surface area contributed by atoms with Gasteiger partial charge in [-0.1, -0.05) is 0 Å². The summed E-state index contributed by atoms with van der Waals surface area (Å²) in [6, 6.07) is 0. The molecular weight excluding hydrogens is 200 g/mol. The van der Waals surface area contributed by atoms with E-state index in [-0.39, 0.29) is 36.5 Å². The maximum Gasteiger partial charge on any atom is 0 e. The van der Waals surface area contributed by atoms with Crippen LogP contribution in [0.25, 0.3) is 0 Å². The summed E-state index contributed by atoms with van der Waals surface area (Å²) in [7, 11) is 0. The van der Waals surface area contributed by atoms with Gasteiger partial charge in [-0.25, -0.2) is 0 Å². The van der Waals surface area contributed by atoms with Gasteiger partial charge in [-0.2, -0.15) is 0 Å². The second kappa shape index (κ2) is 25.0. The maximum absolute atomic E-state index is 8.06. The molecule has 0 aromatic heterocycles.